The zero-order valence-electron chi connectivity index (χ0n) is 22.0. The first kappa shape index (κ1) is 30.2. The van der Waals surface area contributed by atoms with Crippen molar-refractivity contribution in [3.63, 3.8) is 0 Å². The molecule has 0 bridgehead atoms. The molecule has 0 aliphatic carbocycles. The smallest absolute Gasteiger partial charge is 0.338 e. The minimum Gasteiger partial charge on any atom is -0.497 e. The molecular weight excluding hydrogens is 536 g/mol. The standard InChI is InChI=1S/C29H26N2O10/c1-39-24-14-10-19(11-15-24)25(32)18-41-29(36)20-8-12-22(13-9-20)30-27(34)6-3-7-28(35)40-17-26(33)21-4-2-5-23(16-21)31(37)38/h2,4-5,8-16H,3,6-7,17-18H2,1H3,(H,30,34). The Bertz CT molecular complexity index is 1430. The number of nitro benzene ring substituents is 1. The highest BCUT2D eigenvalue weighted by molar-refractivity contribution is 6.00. The van der Waals surface area contributed by atoms with Crippen molar-refractivity contribution in [2.45, 2.75) is 19.3 Å². The summed E-state index contributed by atoms with van der Waals surface area (Å²) in [4.78, 5) is 70.9. The fraction of sp³-hybridized carbons (Fsp3) is 0.207. The van der Waals surface area contributed by atoms with Gasteiger partial charge in [-0.3, -0.25) is 29.3 Å². The summed E-state index contributed by atoms with van der Waals surface area (Å²) in [6, 6.07) is 17.3. The highest BCUT2D eigenvalue weighted by Gasteiger charge is 2.15. The van der Waals surface area contributed by atoms with Gasteiger partial charge in [-0.05, 0) is 55.0 Å². The van der Waals surface area contributed by atoms with Crippen LogP contribution in [0.4, 0.5) is 11.4 Å². The van der Waals surface area contributed by atoms with Gasteiger partial charge in [0.15, 0.2) is 19.0 Å². The second kappa shape index (κ2) is 14.7. The molecular formula is C29H26N2O10. The molecule has 0 saturated heterocycles. The van der Waals surface area contributed by atoms with E-state index in [0.29, 0.717) is 17.0 Å². The number of anilines is 1. The number of carbonyl (C=O) groups excluding carboxylic acids is 5. The van der Waals surface area contributed by atoms with Crippen molar-refractivity contribution in [1.82, 2.24) is 0 Å². The number of rotatable bonds is 14. The number of benzene rings is 3. The maximum atomic E-state index is 12.3. The molecule has 0 atom stereocenters. The van der Waals surface area contributed by atoms with E-state index in [0.717, 1.165) is 6.07 Å². The number of ketones is 2. The molecule has 0 aliphatic rings. The first-order chi connectivity index (χ1) is 19.7. The second-order valence-corrected chi connectivity index (χ2v) is 8.60. The molecule has 0 spiro atoms. The fourth-order valence-corrected chi connectivity index (χ4v) is 3.48. The van der Waals surface area contributed by atoms with Gasteiger partial charge < -0.3 is 19.5 Å². The van der Waals surface area contributed by atoms with Gasteiger partial charge in [0, 0.05) is 41.8 Å². The maximum absolute atomic E-state index is 12.3. The van der Waals surface area contributed by atoms with Gasteiger partial charge in [0.05, 0.1) is 17.6 Å². The number of methoxy groups -OCH3 is 1. The first-order valence-electron chi connectivity index (χ1n) is 12.3. The zero-order valence-corrected chi connectivity index (χ0v) is 22.0. The zero-order chi connectivity index (χ0) is 29.8. The molecule has 3 aromatic rings. The number of non-ortho nitro benzene ring substituents is 1. The van der Waals surface area contributed by atoms with E-state index >= 15 is 0 Å². The molecule has 212 valence electrons. The maximum Gasteiger partial charge on any atom is 0.338 e. The van der Waals surface area contributed by atoms with E-state index in [4.69, 9.17) is 14.2 Å². The Labute approximate surface area is 234 Å². The Kier molecular flexibility index (Phi) is 10.8. The number of carbonyl (C=O) groups is 5. The molecule has 41 heavy (non-hydrogen) atoms. The van der Waals surface area contributed by atoms with Gasteiger partial charge in [0.1, 0.15) is 5.75 Å². The van der Waals surface area contributed by atoms with Crippen molar-refractivity contribution < 1.29 is 43.1 Å². The Morgan fingerprint density at radius 2 is 1.41 bits per heavy atom. The molecule has 12 nitrogen and oxygen atoms in total. The van der Waals surface area contributed by atoms with Crippen molar-refractivity contribution in [1.29, 1.82) is 0 Å². The lowest BCUT2D eigenvalue weighted by molar-refractivity contribution is -0.384. The lowest BCUT2D eigenvalue weighted by Crippen LogP contribution is -2.16. The van der Waals surface area contributed by atoms with Crippen LogP contribution in [-0.2, 0) is 19.1 Å². The molecule has 0 unspecified atom stereocenters. The molecule has 0 saturated carbocycles. The summed E-state index contributed by atoms with van der Waals surface area (Å²) in [5, 5.41) is 13.4. The van der Waals surface area contributed by atoms with Crippen LogP contribution in [0.2, 0.25) is 0 Å². The molecule has 0 heterocycles. The summed E-state index contributed by atoms with van der Waals surface area (Å²) in [6.07, 6.45) is 0.0309. The van der Waals surface area contributed by atoms with Crippen LogP contribution in [0.25, 0.3) is 0 Å². The highest BCUT2D eigenvalue weighted by atomic mass is 16.6. The lowest BCUT2D eigenvalue weighted by Gasteiger charge is -2.08. The summed E-state index contributed by atoms with van der Waals surface area (Å²) in [7, 11) is 1.51. The summed E-state index contributed by atoms with van der Waals surface area (Å²) in [5.74, 6) is -2.14. The van der Waals surface area contributed by atoms with E-state index in [1.807, 2.05) is 0 Å². The van der Waals surface area contributed by atoms with Crippen LogP contribution in [0, 0.1) is 10.1 Å². The van der Waals surface area contributed by atoms with Crippen molar-refractivity contribution in [2.24, 2.45) is 0 Å². The molecule has 0 aromatic heterocycles. The number of ether oxygens (including phenoxy) is 3. The van der Waals surface area contributed by atoms with Crippen LogP contribution in [0.1, 0.15) is 50.3 Å². The number of nitrogens with one attached hydrogen (secondary N) is 1. The number of amides is 1. The molecule has 3 aromatic carbocycles. The number of hydrogen-bond acceptors (Lipinski definition) is 10. The highest BCUT2D eigenvalue weighted by Crippen LogP contribution is 2.15. The average Bonchev–Trinajstić information content (AvgIpc) is 2.98. The topological polar surface area (TPSA) is 168 Å². The number of Topliss-reactive ketones (excluding diaryl/α,β-unsaturated/α-hetero) is 2. The normalized spacial score (nSPS) is 10.3. The van der Waals surface area contributed by atoms with Gasteiger partial charge in [-0.25, -0.2) is 4.79 Å². The monoisotopic (exact) mass is 562 g/mol. The van der Waals surface area contributed by atoms with E-state index in [9.17, 15) is 34.1 Å². The molecule has 1 amide bonds. The average molecular weight is 563 g/mol. The molecule has 0 radical (unpaired) electrons. The summed E-state index contributed by atoms with van der Waals surface area (Å²) in [6.45, 7) is -1.01. The second-order valence-electron chi connectivity index (χ2n) is 8.60. The number of nitrogens with zero attached hydrogens (tertiary/aromatic N) is 1. The van der Waals surface area contributed by atoms with Gasteiger partial charge in [0.2, 0.25) is 11.7 Å². The van der Waals surface area contributed by atoms with Crippen LogP contribution in [0.3, 0.4) is 0 Å². The minimum atomic E-state index is -0.702. The van der Waals surface area contributed by atoms with Crippen molar-refractivity contribution >= 4 is 40.8 Å². The van der Waals surface area contributed by atoms with Gasteiger partial charge >= 0.3 is 11.9 Å². The third-order valence-corrected chi connectivity index (χ3v) is 5.68. The quantitative estimate of drug-likeness (QED) is 0.130. The van der Waals surface area contributed by atoms with E-state index < -0.39 is 35.9 Å². The number of nitro groups is 1. The van der Waals surface area contributed by atoms with Gasteiger partial charge in [-0.1, -0.05) is 12.1 Å². The van der Waals surface area contributed by atoms with Crippen LogP contribution < -0.4 is 10.1 Å². The van der Waals surface area contributed by atoms with Crippen LogP contribution >= 0.6 is 0 Å². The van der Waals surface area contributed by atoms with Crippen molar-refractivity contribution in [3.05, 3.63) is 99.6 Å². The molecule has 3 rings (SSSR count). The summed E-state index contributed by atoms with van der Waals surface area (Å²) < 4.78 is 15.0. The molecule has 0 fully saturated rings. The summed E-state index contributed by atoms with van der Waals surface area (Å²) in [5.41, 5.74) is 0.769. The van der Waals surface area contributed by atoms with Crippen molar-refractivity contribution in [3.8, 4) is 5.75 Å². The van der Waals surface area contributed by atoms with Crippen LogP contribution in [0.5, 0.6) is 5.75 Å². The third-order valence-electron chi connectivity index (χ3n) is 5.68. The van der Waals surface area contributed by atoms with E-state index in [2.05, 4.69) is 5.32 Å². The Hall–Kier alpha value is -5.39. The summed E-state index contributed by atoms with van der Waals surface area (Å²) >= 11 is 0. The van der Waals surface area contributed by atoms with Crippen LogP contribution in [-0.4, -0.2) is 54.7 Å². The Morgan fingerprint density at radius 3 is 2.07 bits per heavy atom. The predicted octanol–water partition coefficient (Wildman–Crippen LogP) is 4.18. The van der Waals surface area contributed by atoms with E-state index in [1.165, 1.54) is 49.6 Å². The number of esters is 2. The minimum absolute atomic E-state index is 0.00874. The predicted molar refractivity (Wildman–Crippen MR) is 145 cm³/mol. The first-order valence-corrected chi connectivity index (χ1v) is 12.3. The van der Waals surface area contributed by atoms with E-state index in [1.54, 1.807) is 24.3 Å². The van der Waals surface area contributed by atoms with E-state index in [-0.39, 0.29) is 47.8 Å². The Morgan fingerprint density at radius 1 is 0.780 bits per heavy atom. The third kappa shape index (κ3) is 9.39. The molecule has 0 aliphatic heterocycles. The van der Waals surface area contributed by atoms with Crippen LogP contribution in [0.15, 0.2) is 72.8 Å². The largest absolute Gasteiger partial charge is 0.497 e. The SMILES string of the molecule is COc1ccc(C(=O)COC(=O)c2ccc(NC(=O)CCCC(=O)OCC(=O)c3cccc([N+](=O)[O-])c3)cc2)cc1. The molecule has 12 heteroatoms. The van der Waals surface area contributed by atoms with Crippen molar-refractivity contribution in [2.75, 3.05) is 25.6 Å². The lowest BCUT2D eigenvalue weighted by atomic mass is 10.1. The fourth-order valence-electron chi connectivity index (χ4n) is 3.48. The Balaban J connectivity index is 1.36. The number of hydrogen-bond donors (Lipinski definition) is 1. The van der Waals surface area contributed by atoms with Gasteiger partial charge in [0.25, 0.3) is 5.69 Å². The van der Waals surface area contributed by atoms with Gasteiger partial charge in [-0.15, -0.1) is 0 Å². The van der Waals surface area contributed by atoms with Gasteiger partial charge in [-0.2, -0.15) is 0 Å². The molecule has 1 N–H and O–H groups in total.